The Morgan fingerprint density at radius 1 is 0.944 bits per heavy atom. The minimum Gasteiger partial charge on any atom is -0.465 e. The van der Waals surface area contributed by atoms with Gasteiger partial charge in [0.1, 0.15) is 30.0 Å². The molecule has 2 saturated carbocycles. The SMILES string of the molecule is CC(=O)OC[C@@]12[C@@H](OC(C)=O)[C@H](OC(C)=O)[C@@]3(C)O[C@]4(CC[C@]3(C)[C@H]1CCC[C@@]21CO1)COC(=O)C4. The summed E-state index contributed by atoms with van der Waals surface area (Å²) in [5.74, 6) is -2.01. The van der Waals surface area contributed by atoms with Gasteiger partial charge >= 0.3 is 23.9 Å². The van der Waals surface area contributed by atoms with Gasteiger partial charge in [0.05, 0.1) is 18.4 Å². The molecule has 5 aliphatic rings. The van der Waals surface area contributed by atoms with Crippen molar-refractivity contribution in [1.82, 2.24) is 0 Å². The van der Waals surface area contributed by atoms with E-state index in [2.05, 4.69) is 6.92 Å². The molecule has 3 heterocycles. The van der Waals surface area contributed by atoms with Gasteiger partial charge in [0, 0.05) is 26.2 Å². The standard InChI is InChI=1S/C26H36O10/c1-15(27)31-14-26-18(7-6-8-25(26)13-33-25)22(4)9-10-24(11-19(30)32-12-24)36-23(22,5)20(34-16(2)28)21(26)35-17(3)29/h18,20-21H,6-14H2,1-5H3/t18-,20+,21+,22-,23-,24+,25-,26+/m1/s1. The van der Waals surface area contributed by atoms with Gasteiger partial charge in [-0.3, -0.25) is 19.2 Å². The minimum atomic E-state index is -1.12. The van der Waals surface area contributed by atoms with Gasteiger partial charge in [-0.15, -0.1) is 0 Å². The summed E-state index contributed by atoms with van der Waals surface area (Å²) in [5.41, 5.74) is -4.16. The first kappa shape index (κ1) is 25.4. The fraction of sp³-hybridized carbons (Fsp3) is 0.846. The second-order valence-corrected chi connectivity index (χ2v) is 11.8. The Morgan fingerprint density at radius 3 is 2.17 bits per heavy atom. The maximum Gasteiger partial charge on any atom is 0.308 e. The summed E-state index contributed by atoms with van der Waals surface area (Å²) in [4.78, 5) is 49.3. The van der Waals surface area contributed by atoms with Crippen LogP contribution < -0.4 is 0 Å². The van der Waals surface area contributed by atoms with Crippen molar-refractivity contribution >= 4 is 23.9 Å². The molecule has 5 fully saturated rings. The highest BCUT2D eigenvalue weighted by Crippen LogP contribution is 2.72. The second kappa shape index (κ2) is 8.15. The monoisotopic (exact) mass is 508 g/mol. The van der Waals surface area contributed by atoms with Crippen LogP contribution in [0.25, 0.3) is 0 Å². The second-order valence-electron chi connectivity index (χ2n) is 11.8. The van der Waals surface area contributed by atoms with Crippen molar-refractivity contribution in [2.24, 2.45) is 16.7 Å². The van der Waals surface area contributed by atoms with Crippen LogP contribution in [-0.2, 0) is 47.6 Å². The molecule has 0 N–H and O–H groups in total. The Labute approximate surface area is 210 Å². The van der Waals surface area contributed by atoms with E-state index in [1.54, 1.807) is 0 Å². The van der Waals surface area contributed by atoms with E-state index in [4.69, 9.17) is 28.4 Å². The Hall–Kier alpha value is -2.20. The van der Waals surface area contributed by atoms with Gasteiger partial charge in [0.25, 0.3) is 0 Å². The Kier molecular flexibility index (Phi) is 5.76. The predicted molar refractivity (Wildman–Crippen MR) is 121 cm³/mol. The van der Waals surface area contributed by atoms with Gasteiger partial charge in [0.2, 0.25) is 0 Å². The van der Waals surface area contributed by atoms with E-state index in [1.807, 2.05) is 6.92 Å². The largest absolute Gasteiger partial charge is 0.465 e. The number of carbonyl (C=O) groups is 4. The molecule has 0 aromatic heterocycles. The molecule has 0 amide bonds. The van der Waals surface area contributed by atoms with Crippen molar-refractivity contribution < 1.29 is 47.6 Å². The third-order valence-electron chi connectivity index (χ3n) is 9.86. The lowest BCUT2D eigenvalue weighted by Crippen LogP contribution is -2.80. The van der Waals surface area contributed by atoms with E-state index in [1.165, 1.54) is 20.8 Å². The normalized spacial score (nSPS) is 46.9. The van der Waals surface area contributed by atoms with E-state index in [0.29, 0.717) is 19.4 Å². The summed E-state index contributed by atoms with van der Waals surface area (Å²) in [5, 5.41) is 0. The predicted octanol–water partition coefficient (Wildman–Crippen LogP) is 2.24. The van der Waals surface area contributed by atoms with E-state index in [9.17, 15) is 19.2 Å². The molecular formula is C26H36O10. The van der Waals surface area contributed by atoms with Crippen molar-refractivity contribution in [3.63, 3.8) is 0 Å². The van der Waals surface area contributed by atoms with Crippen LogP contribution in [0.1, 0.15) is 73.1 Å². The molecule has 0 aromatic rings. The van der Waals surface area contributed by atoms with Gasteiger partial charge in [-0.2, -0.15) is 0 Å². The van der Waals surface area contributed by atoms with Gasteiger partial charge in [-0.25, -0.2) is 0 Å². The van der Waals surface area contributed by atoms with Crippen molar-refractivity contribution in [1.29, 1.82) is 0 Å². The molecule has 10 nitrogen and oxygen atoms in total. The fourth-order valence-corrected chi connectivity index (χ4v) is 8.10. The molecule has 0 aromatic carbocycles. The zero-order valence-electron chi connectivity index (χ0n) is 21.7. The van der Waals surface area contributed by atoms with Crippen LogP contribution in [-0.4, -0.2) is 72.7 Å². The van der Waals surface area contributed by atoms with Crippen LogP contribution >= 0.6 is 0 Å². The maximum absolute atomic E-state index is 12.5. The van der Waals surface area contributed by atoms with Gasteiger partial charge in [0.15, 0.2) is 12.2 Å². The number of rotatable bonds is 4. The number of cyclic esters (lactones) is 1. The van der Waals surface area contributed by atoms with Crippen LogP contribution in [0.3, 0.4) is 0 Å². The average molecular weight is 509 g/mol. The molecule has 8 atom stereocenters. The Morgan fingerprint density at radius 2 is 1.61 bits per heavy atom. The third-order valence-corrected chi connectivity index (χ3v) is 9.86. The van der Waals surface area contributed by atoms with Crippen LogP contribution in [0, 0.1) is 16.7 Å². The molecule has 0 radical (unpaired) electrons. The molecule has 3 aliphatic heterocycles. The van der Waals surface area contributed by atoms with Crippen molar-refractivity contribution in [2.75, 3.05) is 19.8 Å². The number of ether oxygens (including phenoxy) is 6. The molecule has 3 saturated heterocycles. The molecule has 200 valence electrons. The van der Waals surface area contributed by atoms with Gasteiger partial charge < -0.3 is 28.4 Å². The minimum absolute atomic E-state index is 0.0267. The number of fused-ring (bicyclic) bond motifs is 4. The lowest BCUT2D eigenvalue weighted by atomic mass is 9.40. The van der Waals surface area contributed by atoms with E-state index < -0.39 is 57.7 Å². The average Bonchev–Trinajstić information content (AvgIpc) is 3.47. The smallest absolute Gasteiger partial charge is 0.308 e. The Balaban J connectivity index is 1.71. The van der Waals surface area contributed by atoms with Crippen LogP contribution in [0.15, 0.2) is 0 Å². The summed E-state index contributed by atoms with van der Waals surface area (Å²) in [7, 11) is 0. The lowest BCUT2D eigenvalue weighted by molar-refractivity contribution is -0.361. The van der Waals surface area contributed by atoms with Crippen LogP contribution in [0.5, 0.6) is 0 Å². The number of hydrogen-bond acceptors (Lipinski definition) is 10. The Bertz CT molecular complexity index is 989. The first-order valence-corrected chi connectivity index (χ1v) is 12.8. The molecule has 0 bridgehead atoms. The molecule has 2 spiro atoms. The van der Waals surface area contributed by atoms with E-state index >= 15 is 0 Å². The van der Waals surface area contributed by atoms with Crippen molar-refractivity contribution in [3.05, 3.63) is 0 Å². The fourth-order valence-electron chi connectivity index (χ4n) is 8.10. The summed E-state index contributed by atoms with van der Waals surface area (Å²) in [6, 6.07) is 0. The van der Waals surface area contributed by atoms with Gasteiger partial charge in [-0.05, 0) is 38.5 Å². The van der Waals surface area contributed by atoms with E-state index in [0.717, 1.165) is 19.3 Å². The number of esters is 4. The van der Waals surface area contributed by atoms with Crippen molar-refractivity contribution in [2.45, 2.75) is 102 Å². The highest BCUT2D eigenvalue weighted by Gasteiger charge is 2.82. The highest BCUT2D eigenvalue weighted by molar-refractivity contribution is 5.73. The first-order valence-electron chi connectivity index (χ1n) is 12.8. The van der Waals surface area contributed by atoms with Crippen LogP contribution in [0.2, 0.25) is 0 Å². The molecule has 0 unspecified atom stereocenters. The number of hydrogen-bond donors (Lipinski definition) is 0. The molecular weight excluding hydrogens is 472 g/mol. The molecule has 36 heavy (non-hydrogen) atoms. The summed E-state index contributed by atoms with van der Waals surface area (Å²) >= 11 is 0. The van der Waals surface area contributed by atoms with Crippen LogP contribution in [0.4, 0.5) is 0 Å². The quantitative estimate of drug-likeness (QED) is 0.317. The molecule has 2 aliphatic carbocycles. The number of carbonyl (C=O) groups excluding carboxylic acids is 4. The highest BCUT2D eigenvalue weighted by atomic mass is 16.6. The van der Waals surface area contributed by atoms with Crippen molar-refractivity contribution in [3.8, 4) is 0 Å². The topological polar surface area (TPSA) is 127 Å². The zero-order valence-corrected chi connectivity index (χ0v) is 21.7. The van der Waals surface area contributed by atoms with E-state index in [-0.39, 0.29) is 31.5 Å². The first-order chi connectivity index (χ1) is 16.8. The zero-order chi connectivity index (χ0) is 26.1. The number of epoxide rings is 1. The third kappa shape index (κ3) is 3.43. The molecule has 10 heteroatoms. The summed E-state index contributed by atoms with van der Waals surface area (Å²) < 4.78 is 36.1. The summed E-state index contributed by atoms with van der Waals surface area (Å²) in [6.45, 7) is 8.51. The summed E-state index contributed by atoms with van der Waals surface area (Å²) in [6.07, 6.45) is 1.72. The van der Waals surface area contributed by atoms with Gasteiger partial charge in [-0.1, -0.05) is 13.3 Å². The lowest BCUT2D eigenvalue weighted by Gasteiger charge is -2.70. The molecule has 5 rings (SSSR count). The maximum atomic E-state index is 12.5.